The number of amides is 1. The van der Waals surface area contributed by atoms with Crippen LogP contribution in [0.4, 0.5) is 14.6 Å². The summed E-state index contributed by atoms with van der Waals surface area (Å²) >= 11 is 2.08. The number of anilines is 1. The molecule has 150 valence electrons. The molecule has 3 aromatic rings. The number of hydrogen-bond acceptors (Lipinski definition) is 5. The number of benzene rings is 2. The molecule has 9 heteroatoms. The number of rotatable bonds is 6. The van der Waals surface area contributed by atoms with E-state index in [1.54, 1.807) is 41.8 Å². The molecule has 2 heterocycles. The van der Waals surface area contributed by atoms with Gasteiger partial charge in [-0.3, -0.25) is 4.79 Å². The molecule has 5 nitrogen and oxygen atoms in total. The highest BCUT2D eigenvalue weighted by molar-refractivity contribution is 7.99. The first-order chi connectivity index (χ1) is 14.1. The Kier molecular flexibility index (Phi) is 5.77. The van der Waals surface area contributed by atoms with E-state index in [2.05, 4.69) is 10.4 Å². The lowest BCUT2D eigenvalue weighted by Gasteiger charge is -2.13. The van der Waals surface area contributed by atoms with Crippen molar-refractivity contribution in [2.75, 3.05) is 12.4 Å². The van der Waals surface area contributed by atoms with Crippen molar-refractivity contribution in [3.8, 4) is 11.4 Å². The maximum absolute atomic E-state index is 13.0. The third-order valence-corrected chi connectivity index (χ3v) is 6.21. The maximum atomic E-state index is 13.0. The highest BCUT2D eigenvalue weighted by atomic mass is 32.2. The van der Waals surface area contributed by atoms with E-state index in [1.807, 2.05) is 24.3 Å². The van der Waals surface area contributed by atoms with Gasteiger partial charge in [-0.25, -0.2) is 4.68 Å². The molecule has 0 bridgehead atoms. The fourth-order valence-electron chi connectivity index (χ4n) is 3.08. The second-order valence-corrected chi connectivity index (χ2v) is 8.22. The molecular formula is C20H17F2N3O2S2. The first-order valence-corrected chi connectivity index (χ1v) is 10.8. The van der Waals surface area contributed by atoms with Crippen LogP contribution in [0.2, 0.25) is 0 Å². The molecule has 0 spiro atoms. The number of methoxy groups -OCH3 is 1. The summed E-state index contributed by atoms with van der Waals surface area (Å²) in [5.41, 5.74) is 2.85. The van der Waals surface area contributed by atoms with Gasteiger partial charge in [0.05, 0.1) is 24.1 Å². The van der Waals surface area contributed by atoms with Crippen LogP contribution in [0.5, 0.6) is 5.75 Å². The standard InChI is InChI=1S/C20H17F2N3O2S2/c1-27-13-8-6-12(7-9-13)25-18(15-10-28-11-16(15)24-25)23-19(26)14-4-2-3-5-17(14)29-20(21)22/h2-9,20H,10-11H2,1H3,(H,23,26). The van der Waals surface area contributed by atoms with Crippen LogP contribution in [0, 0.1) is 0 Å². The Labute approximate surface area is 174 Å². The number of hydrogen-bond donors (Lipinski definition) is 1. The fourth-order valence-corrected chi connectivity index (χ4v) is 4.75. The summed E-state index contributed by atoms with van der Waals surface area (Å²) in [6, 6.07) is 13.7. The molecule has 2 aromatic carbocycles. The van der Waals surface area contributed by atoms with E-state index in [1.165, 1.54) is 6.07 Å². The summed E-state index contributed by atoms with van der Waals surface area (Å²) in [7, 11) is 1.59. The van der Waals surface area contributed by atoms with Gasteiger partial charge in [0.2, 0.25) is 0 Å². The van der Waals surface area contributed by atoms with Crippen LogP contribution < -0.4 is 10.1 Å². The number of nitrogens with one attached hydrogen (secondary N) is 1. The Bertz CT molecular complexity index is 1040. The van der Waals surface area contributed by atoms with Gasteiger partial charge in [-0.05, 0) is 36.4 Å². The third-order valence-electron chi connectivity index (χ3n) is 4.45. The molecule has 1 aliphatic heterocycles. The Morgan fingerprint density at radius 1 is 1.21 bits per heavy atom. The lowest BCUT2D eigenvalue weighted by molar-refractivity contribution is 0.102. The van der Waals surface area contributed by atoms with Crippen LogP contribution in [-0.2, 0) is 11.5 Å². The topological polar surface area (TPSA) is 56.1 Å². The van der Waals surface area contributed by atoms with Crippen LogP contribution in [0.3, 0.4) is 0 Å². The van der Waals surface area contributed by atoms with Crippen molar-refractivity contribution in [3.05, 3.63) is 65.4 Å². The number of aromatic nitrogens is 2. The average molecular weight is 434 g/mol. The summed E-state index contributed by atoms with van der Waals surface area (Å²) in [4.78, 5) is 13.2. The van der Waals surface area contributed by atoms with Crippen molar-refractivity contribution in [3.63, 3.8) is 0 Å². The minimum atomic E-state index is -2.60. The number of halogens is 2. The number of nitrogens with zero attached hydrogens (tertiary/aromatic N) is 2. The van der Waals surface area contributed by atoms with E-state index in [0.717, 1.165) is 28.5 Å². The van der Waals surface area contributed by atoms with Crippen molar-refractivity contribution >= 4 is 35.2 Å². The van der Waals surface area contributed by atoms with Crippen molar-refractivity contribution in [2.24, 2.45) is 0 Å². The van der Waals surface area contributed by atoms with Crippen molar-refractivity contribution in [1.29, 1.82) is 0 Å². The van der Waals surface area contributed by atoms with Crippen LogP contribution >= 0.6 is 23.5 Å². The average Bonchev–Trinajstić information content (AvgIpc) is 3.30. The Balaban J connectivity index is 1.69. The zero-order chi connectivity index (χ0) is 20.4. The minimum Gasteiger partial charge on any atom is -0.497 e. The number of thioether (sulfide) groups is 2. The molecular weight excluding hydrogens is 416 g/mol. The first-order valence-electron chi connectivity index (χ1n) is 8.75. The highest BCUT2D eigenvalue weighted by Crippen LogP contribution is 2.37. The number of carbonyl (C=O) groups is 1. The number of fused-ring (bicyclic) bond motifs is 1. The summed E-state index contributed by atoms with van der Waals surface area (Å²) in [5.74, 6) is -0.268. The highest BCUT2D eigenvalue weighted by Gasteiger charge is 2.26. The summed E-state index contributed by atoms with van der Waals surface area (Å²) in [6.07, 6.45) is 0. The molecule has 0 unspecified atom stereocenters. The minimum absolute atomic E-state index is 0.208. The van der Waals surface area contributed by atoms with Gasteiger partial charge >= 0.3 is 0 Å². The molecule has 4 rings (SSSR count). The lowest BCUT2D eigenvalue weighted by atomic mass is 10.2. The van der Waals surface area contributed by atoms with Gasteiger partial charge < -0.3 is 10.1 Å². The van der Waals surface area contributed by atoms with E-state index >= 15 is 0 Å². The Hall–Kier alpha value is -2.52. The molecule has 0 atom stereocenters. The van der Waals surface area contributed by atoms with Crippen molar-refractivity contribution in [1.82, 2.24) is 9.78 Å². The smallest absolute Gasteiger partial charge is 0.288 e. The second-order valence-electron chi connectivity index (χ2n) is 6.21. The normalized spacial score (nSPS) is 12.8. The number of ether oxygens (including phenoxy) is 1. The van der Waals surface area contributed by atoms with Crippen LogP contribution in [0.15, 0.2) is 53.4 Å². The molecule has 1 amide bonds. The summed E-state index contributed by atoms with van der Waals surface area (Å²) in [6.45, 7) is 0. The summed E-state index contributed by atoms with van der Waals surface area (Å²) < 4.78 is 32.6. The van der Waals surface area contributed by atoms with Gasteiger partial charge in [-0.15, -0.1) is 0 Å². The van der Waals surface area contributed by atoms with Crippen molar-refractivity contribution < 1.29 is 18.3 Å². The van der Waals surface area contributed by atoms with Crippen LogP contribution in [0.1, 0.15) is 21.6 Å². The van der Waals surface area contributed by atoms with Crippen LogP contribution in [0.25, 0.3) is 5.69 Å². The predicted octanol–water partition coefficient (Wildman–Crippen LogP) is 5.19. The molecule has 0 saturated heterocycles. The van der Waals surface area contributed by atoms with Crippen LogP contribution in [-0.4, -0.2) is 28.6 Å². The molecule has 0 radical (unpaired) electrons. The Morgan fingerprint density at radius 2 is 1.97 bits per heavy atom. The fraction of sp³-hybridized carbons (Fsp3) is 0.200. The number of carbonyl (C=O) groups excluding carboxylic acids is 1. The predicted molar refractivity (Wildman–Crippen MR) is 111 cm³/mol. The zero-order valence-electron chi connectivity index (χ0n) is 15.4. The van der Waals surface area contributed by atoms with E-state index in [0.29, 0.717) is 23.3 Å². The molecule has 0 aliphatic carbocycles. The quantitative estimate of drug-likeness (QED) is 0.542. The van der Waals surface area contributed by atoms with Gasteiger partial charge in [0.25, 0.3) is 11.7 Å². The summed E-state index contributed by atoms with van der Waals surface area (Å²) in [5, 5.41) is 7.56. The lowest BCUT2D eigenvalue weighted by Crippen LogP contribution is -2.17. The SMILES string of the molecule is COc1ccc(-n2nc3c(c2NC(=O)c2ccccc2SC(F)F)CSC3)cc1. The van der Waals surface area contributed by atoms with Crippen molar-refractivity contribution in [2.45, 2.75) is 22.2 Å². The van der Waals surface area contributed by atoms with E-state index in [9.17, 15) is 13.6 Å². The molecule has 1 N–H and O–H groups in total. The van der Waals surface area contributed by atoms with Gasteiger partial charge in [0.15, 0.2) is 0 Å². The second kappa shape index (κ2) is 8.46. The third kappa shape index (κ3) is 4.11. The maximum Gasteiger partial charge on any atom is 0.288 e. The molecule has 1 aromatic heterocycles. The molecule has 1 aliphatic rings. The van der Waals surface area contributed by atoms with Gasteiger partial charge in [-0.2, -0.15) is 25.6 Å². The molecule has 0 saturated carbocycles. The molecule has 0 fully saturated rings. The van der Waals surface area contributed by atoms with Gasteiger partial charge in [-0.1, -0.05) is 23.9 Å². The van der Waals surface area contributed by atoms with E-state index < -0.39 is 11.7 Å². The van der Waals surface area contributed by atoms with Gasteiger partial charge in [0, 0.05) is 22.0 Å². The first kappa shape index (κ1) is 19.8. The van der Waals surface area contributed by atoms with E-state index in [-0.39, 0.29) is 10.5 Å². The van der Waals surface area contributed by atoms with Gasteiger partial charge in [0.1, 0.15) is 11.6 Å². The zero-order valence-corrected chi connectivity index (χ0v) is 17.0. The molecule has 29 heavy (non-hydrogen) atoms. The Morgan fingerprint density at radius 3 is 2.69 bits per heavy atom. The monoisotopic (exact) mass is 433 g/mol. The van der Waals surface area contributed by atoms with E-state index in [4.69, 9.17) is 4.74 Å². The largest absolute Gasteiger partial charge is 0.497 e. The number of alkyl halides is 2.